The molecule has 198 valence electrons. The second kappa shape index (κ2) is 13.2. The summed E-state index contributed by atoms with van der Waals surface area (Å²) in [5.41, 5.74) is 9.42. The smallest absolute Gasteiger partial charge is 0.413 e. The largest absolute Gasteiger partial charge is 0.424 e. The van der Waals surface area contributed by atoms with Crippen molar-refractivity contribution in [1.29, 1.82) is 0 Å². The van der Waals surface area contributed by atoms with Gasteiger partial charge in [0.15, 0.2) is 0 Å². The first-order chi connectivity index (χ1) is 17.7. The van der Waals surface area contributed by atoms with Crippen molar-refractivity contribution in [3.05, 3.63) is 83.4 Å². The minimum atomic E-state index is -1.04. The van der Waals surface area contributed by atoms with Crippen molar-refractivity contribution in [1.82, 2.24) is 4.90 Å². The molecule has 6 heteroatoms. The van der Waals surface area contributed by atoms with Crippen LogP contribution in [0, 0.1) is 12.8 Å². The number of amides is 1. The zero-order valence-electron chi connectivity index (χ0n) is 22.6. The van der Waals surface area contributed by atoms with Crippen LogP contribution >= 0.6 is 0 Å². The minimum Gasteiger partial charge on any atom is -0.424 e. The molecule has 0 saturated heterocycles. The number of benzene rings is 3. The summed E-state index contributed by atoms with van der Waals surface area (Å²) in [6.45, 7) is 10.1. The lowest BCUT2D eigenvalue weighted by molar-refractivity contribution is -0.168. The standard InChI is InChI=1S/C31H40N2O4/c1-21(2)19-29(32)30(34)36-24(5)37-31(35)33(18-10-13-25-12-8-11-22(3)20-25)23(4)27-17-9-15-26-14-6-7-16-28(26)27/h6-9,11-12,14-17,20-21,23-24,29H,10,13,18-19,32H2,1-5H3/t23-,24?,29?/m1/s1. The first kappa shape index (κ1) is 28.2. The molecule has 0 spiro atoms. The Kier molecular flexibility index (Phi) is 10.1. The quantitative estimate of drug-likeness (QED) is 0.237. The number of aryl methyl sites for hydroxylation is 2. The normalized spacial score (nSPS) is 13.7. The van der Waals surface area contributed by atoms with Crippen molar-refractivity contribution < 1.29 is 19.1 Å². The van der Waals surface area contributed by atoms with E-state index in [1.165, 1.54) is 11.1 Å². The SMILES string of the molecule is Cc1cccc(CCCN(C(=O)OC(C)OC(=O)C(N)CC(C)C)[C@H](C)c2cccc3ccccc23)c1. The maximum Gasteiger partial charge on any atom is 0.413 e. The summed E-state index contributed by atoms with van der Waals surface area (Å²) in [4.78, 5) is 27.5. The highest BCUT2D eigenvalue weighted by Crippen LogP contribution is 2.29. The Morgan fingerprint density at radius 2 is 1.62 bits per heavy atom. The molecular formula is C31H40N2O4. The molecule has 0 radical (unpaired) electrons. The summed E-state index contributed by atoms with van der Waals surface area (Å²) in [6.07, 6.45) is 0.533. The maximum absolute atomic E-state index is 13.4. The zero-order valence-corrected chi connectivity index (χ0v) is 22.6. The van der Waals surface area contributed by atoms with Gasteiger partial charge in [-0.25, -0.2) is 4.79 Å². The van der Waals surface area contributed by atoms with Crippen molar-refractivity contribution in [2.75, 3.05) is 6.54 Å². The predicted molar refractivity (Wildman–Crippen MR) is 148 cm³/mol. The van der Waals surface area contributed by atoms with Crippen LogP contribution in [0.1, 0.15) is 63.3 Å². The molecule has 1 amide bonds. The molecule has 0 bridgehead atoms. The lowest BCUT2D eigenvalue weighted by atomic mass is 9.98. The second-order valence-electron chi connectivity index (χ2n) is 10.2. The van der Waals surface area contributed by atoms with Gasteiger partial charge in [-0.15, -0.1) is 0 Å². The molecule has 0 aliphatic heterocycles. The monoisotopic (exact) mass is 504 g/mol. The third-order valence-corrected chi connectivity index (χ3v) is 6.50. The van der Waals surface area contributed by atoms with Gasteiger partial charge in [0, 0.05) is 13.5 Å². The van der Waals surface area contributed by atoms with Gasteiger partial charge in [-0.05, 0) is 60.9 Å². The van der Waals surface area contributed by atoms with Crippen molar-refractivity contribution in [2.24, 2.45) is 11.7 Å². The van der Waals surface area contributed by atoms with Gasteiger partial charge in [0.05, 0.1) is 6.04 Å². The summed E-state index contributed by atoms with van der Waals surface area (Å²) in [5.74, 6) is -0.312. The lowest BCUT2D eigenvalue weighted by Gasteiger charge is -2.31. The molecule has 0 aliphatic carbocycles. The van der Waals surface area contributed by atoms with Crippen molar-refractivity contribution in [3.63, 3.8) is 0 Å². The molecule has 0 fully saturated rings. The van der Waals surface area contributed by atoms with Gasteiger partial charge in [-0.1, -0.05) is 86.1 Å². The highest BCUT2D eigenvalue weighted by atomic mass is 16.7. The van der Waals surface area contributed by atoms with E-state index in [9.17, 15) is 9.59 Å². The molecule has 37 heavy (non-hydrogen) atoms. The van der Waals surface area contributed by atoms with Gasteiger partial charge in [0.2, 0.25) is 6.29 Å². The van der Waals surface area contributed by atoms with Gasteiger partial charge in [0.25, 0.3) is 0 Å². The molecule has 6 nitrogen and oxygen atoms in total. The van der Waals surface area contributed by atoms with E-state index in [-0.39, 0.29) is 12.0 Å². The molecule has 3 atom stereocenters. The molecule has 3 aromatic carbocycles. The van der Waals surface area contributed by atoms with Crippen LogP contribution in [0.2, 0.25) is 0 Å². The molecule has 0 aliphatic rings. The van der Waals surface area contributed by atoms with Crippen LogP contribution in [0.4, 0.5) is 4.79 Å². The van der Waals surface area contributed by atoms with Crippen LogP contribution in [0.25, 0.3) is 10.8 Å². The van der Waals surface area contributed by atoms with E-state index in [1.54, 1.807) is 11.8 Å². The topological polar surface area (TPSA) is 81.9 Å². The summed E-state index contributed by atoms with van der Waals surface area (Å²) < 4.78 is 10.9. The number of hydrogen-bond acceptors (Lipinski definition) is 5. The van der Waals surface area contributed by atoms with E-state index < -0.39 is 24.4 Å². The van der Waals surface area contributed by atoms with Gasteiger partial charge >= 0.3 is 12.1 Å². The molecule has 0 aromatic heterocycles. The molecule has 2 unspecified atom stereocenters. The van der Waals surface area contributed by atoms with Crippen LogP contribution in [0.3, 0.4) is 0 Å². The van der Waals surface area contributed by atoms with Gasteiger partial charge in [0.1, 0.15) is 6.04 Å². The Balaban J connectivity index is 1.76. The number of hydrogen-bond donors (Lipinski definition) is 1. The summed E-state index contributed by atoms with van der Waals surface area (Å²) >= 11 is 0. The Bertz CT molecular complexity index is 1190. The van der Waals surface area contributed by atoms with E-state index in [4.69, 9.17) is 15.2 Å². The van der Waals surface area contributed by atoms with Crippen LogP contribution in [0.5, 0.6) is 0 Å². The van der Waals surface area contributed by atoms with E-state index in [0.29, 0.717) is 13.0 Å². The van der Waals surface area contributed by atoms with E-state index in [1.807, 2.05) is 45.0 Å². The Hall–Kier alpha value is -3.38. The van der Waals surface area contributed by atoms with Crippen molar-refractivity contribution in [3.8, 4) is 0 Å². The van der Waals surface area contributed by atoms with E-state index in [0.717, 1.165) is 29.2 Å². The van der Waals surface area contributed by atoms with Crippen LogP contribution in [-0.4, -0.2) is 35.8 Å². The van der Waals surface area contributed by atoms with Gasteiger partial charge < -0.3 is 20.1 Å². The average Bonchev–Trinajstić information content (AvgIpc) is 2.85. The fourth-order valence-corrected chi connectivity index (χ4v) is 4.64. The number of ether oxygens (including phenoxy) is 2. The van der Waals surface area contributed by atoms with Gasteiger partial charge in [-0.2, -0.15) is 0 Å². The summed E-state index contributed by atoms with van der Waals surface area (Å²) in [5, 5.41) is 2.20. The zero-order chi connectivity index (χ0) is 26.9. The summed E-state index contributed by atoms with van der Waals surface area (Å²) in [7, 11) is 0. The highest BCUT2D eigenvalue weighted by Gasteiger charge is 2.27. The third-order valence-electron chi connectivity index (χ3n) is 6.50. The molecule has 2 N–H and O–H groups in total. The minimum absolute atomic E-state index is 0.248. The first-order valence-electron chi connectivity index (χ1n) is 13.1. The number of esters is 1. The molecule has 0 heterocycles. The third kappa shape index (κ3) is 8.05. The molecule has 0 saturated carbocycles. The fourth-order valence-electron chi connectivity index (χ4n) is 4.64. The van der Waals surface area contributed by atoms with E-state index >= 15 is 0 Å². The summed E-state index contributed by atoms with van der Waals surface area (Å²) in [6, 6.07) is 21.6. The first-order valence-corrected chi connectivity index (χ1v) is 13.1. The Labute approximate surface area is 220 Å². The van der Waals surface area contributed by atoms with Crippen molar-refractivity contribution in [2.45, 2.75) is 72.3 Å². The van der Waals surface area contributed by atoms with Crippen LogP contribution < -0.4 is 5.73 Å². The lowest BCUT2D eigenvalue weighted by Crippen LogP contribution is -2.40. The predicted octanol–water partition coefficient (Wildman–Crippen LogP) is 6.54. The highest BCUT2D eigenvalue weighted by molar-refractivity contribution is 5.86. The number of fused-ring (bicyclic) bond motifs is 1. The number of nitrogens with zero attached hydrogens (tertiary/aromatic N) is 1. The number of carbonyl (C=O) groups is 2. The Morgan fingerprint density at radius 1 is 0.919 bits per heavy atom. The molecule has 3 rings (SSSR count). The average molecular weight is 505 g/mol. The molecular weight excluding hydrogens is 464 g/mol. The van der Waals surface area contributed by atoms with Crippen molar-refractivity contribution >= 4 is 22.8 Å². The number of rotatable bonds is 11. The Morgan fingerprint density at radius 3 is 2.35 bits per heavy atom. The molecule has 3 aromatic rings. The number of nitrogens with two attached hydrogens (primary N) is 1. The van der Waals surface area contributed by atoms with E-state index in [2.05, 4.69) is 49.4 Å². The maximum atomic E-state index is 13.4. The second-order valence-corrected chi connectivity index (χ2v) is 10.2. The van der Waals surface area contributed by atoms with Gasteiger partial charge in [-0.3, -0.25) is 4.79 Å². The fraction of sp³-hybridized carbons (Fsp3) is 0.419. The van der Waals surface area contributed by atoms with Crippen LogP contribution in [-0.2, 0) is 20.7 Å². The number of carbonyl (C=O) groups excluding carboxylic acids is 2. The van der Waals surface area contributed by atoms with Crippen LogP contribution in [0.15, 0.2) is 66.7 Å².